The predicted molar refractivity (Wildman–Crippen MR) is 64.9 cm³/mol. The van der Waals surface area contributed by atoms with Gasteiger partial charge in [0.1, 0.15) is 5.82 Å². The van der Waals surface area contributed by atoms with Crippen LogP contribution in [-0.2, 0) is 0 Å². The number of non-ortho nitro benzene ring substituents is 1. The first-order chi connectivity index (χ1) is 9.01. The first kappa shape index (κ1) is 14.6. The number of hydrogen-bond donors (Lipinski definition) is 0. The predicted octanol–water partition coefficient (Wildman–Crippen LogP) is 2.11. The molecule has 1 amide bonds. The van der Waals surface area contributed by atoms with Crippen molar-refractivity contribution in [3.05, 3.63) is 39.7 Å². The highest BCUT2D eigenvalue weighted by Gasteiger charge is 2.20. The summed E-state index contributed by atoms with van der Waals surface area (Å²) in [6.07, 6.45) is 0.147. The van der Waals surface area contributed by atoms with E-state index in [1.54, 1.807) is 6.92 Å². The van der Waals surface area contributed by atoms with Crippen LogP contribution < -0.4 is 0 Å². The molecule has 0 saturated heterocycles. The van der Waals surface area contributed by atoms with Gasteiger partial charge in [-0.3, -0.25) is 14.9 Å². The molecule has 0 aliphatic rings. The maximum Gasteiger partial charge on any atom is 0.272 e. The van der Waals surface area contributed by atoms with Crippen LogP contribution in [0.15, 0.2) is 18.2 Å². The normalized spacial score (nSPS) is 9.74. The van der Waals surface area contributed by atoms with E-state index in [0.29, 0.717) is 12.6 Å². The first-order valence-electron chi connectivity index (χ1n) is 5.61. The van der Waals surface area contributed by atoms with Gasteiger partial charge in [0, 0.05) is 19.2 Å². The summed E-state index contributed by atoms with van der Waals surface area (Å²) in [5.41, 5.74) is -0.639. The number of nitriles is 1. The molecule has 6 nitrogen and oxygen atoms in total. The molecule has 0 bridgehead atoms. The molecule has 0 spiro atoms. The summed E-state index contributed by atoms with van der Waals surface area (Å²) in [7, 11) is 0. The minimum absolute atomic E-state index is 0.147. The fourth-order valence-corrected chi connectivity index (χ4v) is 1.55. The molecule has 0 atom stereocenters. The molecular weight excluding hydrogens is 253 g/mol. The number of rotatable bonds is 5. The van der Waals surface area contributed by atoms with E-state index in [-0.39, 0.29) is 18.5 Å². The Morgan fingerprint density at radius 2 is 2.26 bits per heavy atom. The van der Waals surface area contributed by atoms with E-state index in [0.717, 1.165) is 12.1 Å². The number of amides is 1. The summed E-state index contributed by atoms with van der Waals surface area (Å²) >= 11 is 0. The summed E-state index contributed by atoms with van der Waals surface area (Å²) in [5, 5.41) is 19.0. The lowest BCUT2D eigenvalue weighted by Gasteiger charge is -2.19. The van der Waals surface area contributed by atoms with Gasteiger partial charge in [0.25, 0.3) is 11.6 Å². The first-order valence-corrected chi connectivity index (χ1v) is 5.61. The van der Waals surface area contributed by atoms with Crippen molar-refractivity contribution in [2.45, 2.75) is 13.3 Å². The third kappa shape index (κ3) is 3.48. The van der Waals surface area contributed by atoms with Gasteiger partial charge in [-0.05, 0) is 13.0 Å². The maximum absolute atomic E-state index is 13.7. The lowest BCUT2D eigenvalue weighted by molar-refractivity contribution is -0.385. The molecule has 1 aromatic rings. The molecule has 19 heavy (non-hydrogen) atoms. The van der Waals surface area contributed by atoms with E-state index in [1.165, 1.54) is 4.90 Å². The molecule has 0 unspecified atom stereocenters. The van der Waals surface area contributed by atoms with Crippen molar-refractivity contribution < 1.29 is 14.1 Å². The molecule has 0 fully saturated rings. The third-order valence-electron chi connectivity index (χ3n) is 2.56. The van der Waals surface area contributed by atoms with Gasteiger partial charge in [-0.15, -0.1) is 0 Å². The van der Waals surface area contributed by atoms with Gasteiger partial charge in [0.15, 0.2) is 0 Å². The second-order valence-corrected chi connectivity index (χ2v) is 3.71. The van der Waals surface area contributed by atoms with Crippen LogP contribution in [0.5, 0.6) is 0 Å². The fourth-order valence-electron chi connectivity index (χ4n) is 1.55. The van der Waals surface area contributed by atoms with E-state index in [4.69, 9.17) is 5.26 Å². The van der Waals surface area contributed by atoms with Crippen LogP contribution in [0.1, 0.15) is 23.7 Å². The number of hydrogen-bond acceptors (Lipinski definition) is 4. The van der Waals surface area contributed by atoms with Gasteiger partial charge < -0.3 is 4.90 Å². The fraction of sp³-hybridized carbons (Fsp3) is 0.333. The minimum atomic E-state index is -0.936. The van der Waals surface area contributed by atoms with Crippen molar-refractivity contribution >= 4 is 11.6 Å². The van der Waals surface area contributed by atoms with Crippen LogP contribution in [0.4, 0.5) is 10.1 Å². The van der Waals surface area contributed by atoms with Crippen molar-refractivity contribution in [1.29, 1.82) is 5.26 Å². The highest BCUT2D eigenvalue weighted by atomic mass is 19.1. The summed E-state index contributed by atoms with van der Waals surface area (Å²) in [5.74, 6) is -1.51. The number of halogens is 1. The van der Waals surface area contributed by atoms with Gasteiger partial charge in [0.05, 0.1) is 29.0 Å². The van der Waals surface area contributed by atoms with Crippen molar-refractivity contribution in [3.63, 3.8) is 0 Å². The Bertz CT molecular complexity index is 540. The highest BCUT2D eigenvalue weighted by Crippen LogP contribution is 2.18. The molecule has 100 valence electrons. The lowest BCUT2D eigenvalue weighted by Crippen LogP contribution is -2.32. The van der Waals surface area contributed by atoms with Gasteiger partial charge >= 0.3 is 0 Å². The Morgan fingerprint density at radius 1 is 1.58 bits per heavy atom. The quantitative estimate of drug-likeness (QED) is 0.602. The summed E-state index contributed by atoms with van der Waals surface area (Å²) in [6.45, 7) is 2.23. The van der Waals surface area contributed by atoms with Crippen molar-refractivity contribution in [1.82, 2.24) is 4.90 Å². The standard InChI is InChI=1S/C12H12FN3O3/c1-2-15(7-3-6-14)12(17)10-5-4-9(16(18)19)8-11(10)13/h4-5,8H,2-3,7H2,1H3. The molecule has 0 radical (unpaired) electrons. The zero-order valence-electron chi connectivity index (χ0n) is 10.3. The van der Waals surface area contributed by atoms with E-state index in [1.807, 2.05) is 6.07 Å². The molecule has 1 rings (SSSR count). The molecular formula is C12H12FN3O3. The number of nitro benzene ring substituents is 1. The molecule has 0 aliphatic carbocycles. The van der Waals surface area contributed by atoms with Crippen LogP contribution in [-0.4, -0.2) is 28.8 Å². The number of nitro groups is 1. The molecule has 0 aliphatic heterocycles. The van der Waals surface area contributed by atoms with Crippen LogP contribution >= 0.6 is 0 Å². The highest BCUT2D eigenvalue weighted by molar-refractivity contribution is 5.94. The monoisotopic (exact) mass is 265 g/mol. The average Bonchev–Trinajstić information content (AvgIpc) is 2.39. The van der Waals surface area contributed by atoms with E-state index < -0.39 is 22.3 Å². The molecule has 0 aromatic heterocycles. The zero-order chi connectivity index (χ0) is 14.4. The number of nitrogens with zero attached hydrogens (tertiary/aromatic N) is 3. The summed E-state index contributed by atoms with van der Waals surface area (Å²) < 4.78 is 13.7. The van der Waals surface area contributed by atoms with Crippen molar-refractivity contribution in [2.75, 3.05) is 13.1 Å². The Balaban J connectivity index is 2.99. The van der Waals surface area contributed by atoms with Gasteiger partial charge in [-0.1, -0.05) is 0 Å². The summed E-state index contributed by atoms with van der Waals surface area (Å²) in [4.78, 5) is 23.0. The molecule has 0 N–H and O–H groups in total. The Kier molecular flexibility index (Phi) is 4.94. The van der Waals surface area contributed by atoms with Crippen molar-refractivity contribution in [3.8, 4) is 6.07 Å². The second-order valence-electron chi connectivity index (χ2n) is 3.71. The Morgan fingerprint density at radius 3 is 2.74 bits per heavy atom. The maximum atomic E-state index is 13.7. The topological polar surface area (TPSA) is 87.2 Å². The Labute approximate surface area is 109 Å². The smallest absolute Gasteiger partial charge is 0.272 e. The molecule has 0 heterocycles. The van der Waals surface area contributed by atoms with Crippen LogP contribution in [0.3, 0.4) is 0 Å². The third-order valence-corrected chi connectivity index (χ3v) is 2.56. The lowest BCUT2D eigenvalue weighted by atomic mass is 10.1. The molecule has 0 saturated carbocycles. The Hall–Kier alpha value is -2.49. The summed E-state index contributed by atoms with van der Waals surface area (Å²) in [6, 6.07) is 4.78. The molecule has 1 aromatic carbocycles. The van der Waals surface area contributed by atoms with Gasteiger partial charge in [0.2, 0.25) is 0 Å². The van der Waals surface area contributed by atoms with E-state index in [9.17, 15) is 19.3 Å². The zero-order valence-corrected chi connectivity index (χ0v) is 10.3. The van der Waals surface area contributed by atoms with E-state index in [2.05, 4.69) is 0 Å². The van der Waals surface area contributed by atoms with Crippen molar-refractivity contribution in [2.24, 2.45) is 0 Å². The van der Waals surface area contributed by atoms with Crippen LogP contribution in [0.25, 0.3) is 0 Å². The van der Waals surface area contributed by atoms with Crippen LogP contribution in [0, 0.1) is 27.3 Å². The SMILES string of the molecule is CCN(CCC#N)C(=O)c1ccc([N+](=O)[O-])cc1F. The number of carbonyl (C=O) groups excluding carboxylic acids is 1. The van der Waals surface area contributed by atoms with Gasteiger partial charge in [-0.25, -0.2) is 4.39 Å². The number of benzene rings is 1. The number of carbonyl (C=O) groups is 1. The largest absolute Gasteiger partial charge is 0.338 e. The van der Waals surface area contributed by atoms with E-state index >= 15 is 0 Å². The van der Waals surface area contributed by atoms with Gasteiger partial charge in [-0.2, -0.15) is 5.26 Å². The molecule has 7 heteroatoms. The van der Waals surface area contributed by atoms with Crippen LogP contribution in [0.2, 0.25) is 0 Å². The minimum Gasteiger partial charge on any atom is -0.338 e. The average molecular weight is 265 g/mol. The second kappa shape index (κ2) is 6.44.